The van der Waals surface area contributed by atoms with Crippen LogP contribution in [0.1, 0.15) is 50.5 Å². The first-order valence-electron chi connectivity index (χ1n) is 11.4. The lowest BCUT2D eigenvalue weighted by Crippen LogP contribution is -2.38. The summed E-state index contributed by atoms with van der Waals surface area (Å²) in [6.45, 7) is 4.23. The highest BCUT2D eigenvalue weighted by atomic mass is 16.5. The summed E-state index contributed by atoms with van der Waals surface area (Å²) >= 11 is 0. The van der Waals surface area contributed by atoms with Gasteiger partial charge in [-0.1, -0.05) is 18.5 Å². The lowest BCUT2D eigenvalue weighted by Gasteiger charge is -2.23. The molecule has 1 saturated carbocycles. The van der Waals surface area contributed by atoms with Crippen LogP contribution >= 0.6 is 0 Å². The largest absolute Gasteiger partial charge is 0.493 e. The Labute approximate surface area is 193 Å². The summed E-state index contributed by atoms with van der Waals surface area (Å²) in [6, 6.07) is 12.2. The van der Waals surface area contributed by atoms with Crippen molar-refractivity contribution in [2.75, 3.05) is 14.2 Å². The van der Waals surface area contributed by atoms with Gasteiger partial charge >= 0.3 is 0 Å². The second kappa shape index (κ2) is 8.23. The van der Waals surface area contributed by atoms with Crippen molar-refractivity contribution >= 4 is 10.9 Å². The lowest BCUT2D eigenvalue weighted by atomic mass is 9.90. The van der Waals surface area contributed by atoms with E-state index in [1.807, 2.05) is 24.3 Å². The van der Waals surface area contributed by atoms with Crippen LogP contribution in [0.5, 0.6) is 11.5 Å². The molecule has 0 saturated heterocycles. The van der Waals surface area contributed by atoms with Crippen LogP contribution in [-0.2, 0) is 6.42 Å². The Kier molecular flexibility index (Phi) is 5.37. The molecule has 7 nitrogen and oxygen atoms in total. The maximum atomic E-state index is 6.46. The molecule has 0 spiro atoms. The SMILES string of the molecule is CCc1c(-c2ccc(OC)c(OC)c2)[nH]c2ccc(-c3noc([C@H]4CCC[C@@]4(C)N)n3)cc12. The lowest BCUT2D eigenvalue weighted by molar-refractivity contribution is 0.308. The van der Waals surface area contributed by atoms with E-state index in [0.717, 1.165) is 53.4 Å². The molecule has 0 radical (unpaired) electrons. The van der Waals surface area contributed by atoms with Crippen LogP contribution in [0.3, 0.4) is 0 Å². The predicted molar refractivity (Wildman–Crippen MR) is 129 cm³/mol. The number of H-pyrrole nitrogens is 1. The number of hydrogen-bond acceptors (Lipinski definition) is 6. The molecule has 1 fully saturated rings. The zero-order chi connectivity index (χ0) is 23.2. The molecule has 0 amide bonds. The summed E-state index contributed by atoms with van der Waals surface area (Å²) in [5, 5.41) is 5.43. The van der Waals surface area contributed by atoms with Crippen LogP contribution in [-0.4, -0.2) is 34.9 Å². The standard InChI is InChI=1S/C26H30N4O3/c1-5-17-18-13-16(24-29-25(33-30-24)19-7-6-12-26(19,2)27)8-10-20(18)28-23(17)15-9-11-21(31-3)22(14-15)32-4/h8-11,13-14,19,28H,5-7,12,27H2,1-4H3/t19-,26-/m1/s1. The highest BCUT2D eigenvalue weighted by molar-refractivity contribution is 5.93. The van der Waals surface area contributed by atoms with Crippen LogP contribution in [0.25, 0.3) is 33.5 Å². The molecule has 2 heterocycles. The smallest absolute Gasteiger partial charge is 0.231 e. The van der Waals surface area contributed by atoms with Crippen LogP contribution in [0.15, 0.2) is 40.9 Å². The highest BCUT2D eigenvalue weighted by Gasteiger charge is 2.39. The second-order valence-electron chi connectivity index (χ2n) is 9.07. The summed E-state index contributed by atoms with van der Waals surface area (Å²) in [6.07, 6.45) is 3.92. The quantitative estimate of drug-likeness (QED) is 0.409. The average Bonchev–Trinajstić information content (AvgIpc) is 3.53. The van der Waals surface area contributed by atoms with E-state index >= 15 is 0 Å². The molecule has 2 atom stereocenters. The van der Waals surface area contributed by atoms with E-state index in [1.165, 1.54) is 5.56 Å². The number of hydrogen-bond donors (Lipinski definition) is 2. The van der Waals surface area contributed by atoms with Gasteiger partial charge in [-0.15, -0.1) is 0 Å². The van der Waals surface area contributed by atoms with Crippen LogP contribution in [0, 0.1) is 0 Å². The highest BCUT2D eigenvalue weighted by Crippen LogP contribution is 2.41. The molecule has 172 valence electrons. The van der Waals surface area contributed by atoms with Gasteiger partial charge in [0.25, 0.3) is 0 Å². The monoisotopic (exact) mass is 446 g/mol. The Morgan fingerprint density at radius 3 is 2.61 bits per heavy atom. The fourth-order valence-corrected chi connectivity index (χ4v) is 5.08. The minimum atomic E-state index is -0.294. The van der Waals surface area contributed by atoms with E-state index in [-0.39, 0.29) is 11.5 Å². The first-order valence-corrected chi connectivity index (χ1v) is 11.4. The van der Waals surface area contributed by atoms with Crippen molar-refractivity contribution in [1.82, 2.24) is 15.1 Å². The average molecular weight is 447 g/mol. The topological polar surface area (TPSA) is 99.2 Å². The van der Waals surface area contributed by atoms with Gasteiger partial charge in [-0.25, -0.2) is 0 Å². The number of aromatic nitrogens is 3. The maximum absolute atomic E-state index is 6.46. The van der Waals surface area contributed by atoms with Gasteiger partial charge in [0.1, 0.15) is 0 Å². The summed E-state index contributed by atoms with van der Waals surface area (Å²) in [5.41, 5.74) is 11.5. The molecule has 5 rings (SSSR count). The minimum absolute atomic E-state index is 0.109. The minimum Gasteiger partial charge on any atom is -0.493 e. The molecule has 33 heavy (non-hydrogen) atoms. The summed E-state index contributed by atoms with van der Waals surface area (Å²) in [7, 11) is 3.29. The second-order valence-corrected chi connectivity index (χ2v) is 9.07. The van der Waals surface area contributed by atoms with Gasteiger partial charge in [0.15, 0.2) is 11.5 Å². The van der Waals surface area contributed by atoms with E-state index in [1.54, 1.807) is 14.2 Å². The van der Waals surface area contributed by atoms with Crippen LogP contribution < -0.4 is 15.2 Å². The number of rotatable bonds is 6. The third kappa shape index (κ3) is 3.66. The number of ether oxygens (including phenoxy) is 2. The van der Waals surface area contributed by atoms with Gasteiger partial charge in [0.2, 0.25) is 11.7 Å². The molecule has 4 aromatic rings. The van der Waals surface area contributed by atoms with Crippen LogP contribution in [0.2, 0.25) is 0 Å². The molecule has 7 heteroatoms. The van der Waals surface area contributed by atoms with Crippen molar-refractivity contribution < 1.29 is 14.0 Å². The number of fused-ring (bicyclic) bond motifs is 1. The van der Waals surface area contributed by atoms with Crippen molar-refractivity contribution in [2.45, 2.75) is 51.0 Å². The van der Waals surface area contributed by atoms with Gasteiger partial charge in [-0.3, -0.25) is 0 Å². The molecule has 0 aliphatic heterocycles. The summed E-state index contributed by atoms with van der Waals surface area (Å²) in [5.74, 6) is 2.77. The predicted octanol–water partition coefficient (Wildman–Crippen LogP) is 5.45. The van der Waals surface area contributed by atoms with Crippen molar-refractivity contribution in [2.24, 2.45) is 5.73 Å². The number of nitrogens with zero attached hydrogens (tertiary/aromatic N) is 2. The normalized spacial score (nSPS) is 20.5. The molecule has 3 N–H and O–H groups in total. The van der Waals surface area contributed by atoms with Gasteiger partial charge in [0, 0.05) is 33.3 Å². The van der Waals surface area contributed by atoms with Gasteiger partial charge in [-0.2, -0.15) is 4.98 Å². The van der Waals surface area contributed by atoms with Crippen molar-refractivity contribution in [3.05, 3.63) is 47.9 Å². The van der Waals surface area contributed by atoms with E-state index in [4.69, 9.17) is 24.7 Å². The summed E-state index contributed by atoms with van der Waals surface area (Å²) < 4.78 is 16.6. The molecular weight excluding hydrogens is 416 g/mol. The van der Waals surface area contributed by atoms with Gasteiger partial charge < -0.3 is 24.7 Å². The van der Waals surface area contributed by atoms with Crippen molar-refractivity contribution in [1.29, 1.82) is 0 Å². The number of benzene rings is 2. The Morgan fingerprint density at radius 1 is 1.12 bits per heavy atom. The molecule has 0 bridgehead atoms. The zero-order valence-corrected chi connectivity index (χ0v) is 19.6. The maximum Gasteiger partial charge on any atom is 0.231 e. The first-order chi connectivity index (χ1) is 15.9. The number of aromatic amines is 1. The molecule has 2 aromatic carbocycles. The van der Waals surface area contributed by atoms with Crippen molar-refractivity contribution in [3.63, 3.8) is 0 Å². The number of nitrogens with two attached hydrogens (primary N) is 1. The number of aryl methyl sites for hydroxylation is 1. The third-order valence-electron chi connectivity index (χ3n) is 6.93. The summed E-state index contributed by atoms with van der Waals surface area (Å²) in [4.78, 5) is 8.31. The van der Waals surface area contributed by atoms with E-state index < -0.39 is 0 Å². The zero-order valence-electron chi connectivity index (χ0n) is 19.6. The fraction of sp³-hybridized carbons (Fsp3) is 0.385. The van der Waals surface area contributed by atoms with Gasteiger partial charge in [0.05, 0.1) is 20.1 Å². The Hall–Kier alpha value is -3.32. The fourth-order valence-electron chi connectivity index (χ4n) is 5.08. The molecule has 1 aliphatic carbocycles. The molecular formula is C26H30N4O3. The van der Waals surface area contributed by atoms with Crippen LogP contribution in [0.4, 0.5) is 0 Å². The van der Waals surface area contributed by atoms with E-state index in [0.29, 0.717) is 23.2 Å². The number of nitrogens with one attached hydrogen (secondary N) is 1. The third-order valence-corrected chi connectivity index (χ3v) is 6.93. The van der Waals surface area contributed by atoms with Crippen molar-refractivity contribution in [3.8, 4) is 34.1 Å². The Morgan fingerprint density at radius 2 is 1.91 bits per heavy atom. The van der Waals surface area contributed by atoms with E-state index in [2.05, 4.69) is 36.1 Å². The molecule has 1 aliphatic rings. The molecule has 0 unspecified atom stereocenters. The van der Waals surface area contributed by atoms with Gasteiger partial charge in [-0.05, 0) is 68.1 Å². The molecule has 2 aromatic heterocycles. The Balaban J connectivity index is 1.54. The van der Waals surface area contributed by atoms with E-state index in [9.17, 15) is 0 Å². The Bertz CT molecular complexity index is 1300. The first kappa shape index (κ1) is 21.5. The number of methoxy groups -OCH3 is 2.